The minimum atomic E-state index is -0.502. The first kappa shape index (κ1) is 14.1. The lowest BCUT2D eigenvalue weighted by molar-refractivity contribution is 0.387. The van der Waals surface area contributed by atoms with Crippen molar-refractivity contribution in [2.45, 2.75) is 33.2 Å². The maximum absolute atomic E-state index is 12.4. The third-order valence-corrected chi connectivity index (χ3v) is 3.29. The third kappa shape index (κ3) is 2.39. The molecule has 0 saturated heterocycles. The summed E-state index contributed by atoms with van der Waals surface area (Å²) < 4.78 is 2.36. The van der Waals surface area contributed by atoms with Crippen LogP contribution in [-0.2, 0) is 6.54 Å². The van der Waals surface area contributed by atoms with Gasteiger partial charge in [0.1, 0.15) is 0 Å². The van der Waals surface area contributed by atoms with E-state index >= 15 is 0 Å². The average Bonchev–Trinajstić information content (AvgIpc) is 2.46. The number of unbranched alkanes of at least 4 members (excludes halogenated alkanes) is 1. The van der Waals surface area contributed by atoms with Crippen LogP contribution in [0.2, 0.25) is 0 Å². The molecule has 0 unspecified atom stereocenters. The quantitative estimate of drug-likeness (QED) is 0.924. The molecule has 2 rings (SSSR count). The number of aromatic nitrogens is 2. The number of aromatic hydroxyl groups is 1. The largest absolute Gasteiger partial charge is 0.494 e. The van der Waals surface area contributed by atoms with Crippen molar-refractivity contribution in [3.8, 4) is 11.6 Å². The van der Waals surface area contributed by atoms with Gasteiger partial charge in [0.05, 0.1) is 11.3 Å². The van der Waals surface area contributed by atoms with Crippen LogP contribution in [0, 0.1) is 6.92 Å². The van der Waals surface area contributed by atoms with Gasteiger partial charge in [0.15, 0.2) is 0 Å². The number of hydrogen-bond acceptors (Lipinski definition) is 3. The molecule has 0 amide bonds. The molecule has 1 heterocycles. The SMILES string of the molecule is CCCCn1c(O)c(C)c(=O)n(-c2ccccc2)c1=O. The van der Waals surface area contributed by atoms with Crippen molar-refractivity contribution < 1.29 is 5.11 Å². The van der Waals surface area contributed by atoms with Crippen molar-refractivity contribution >= 4 is 0 Å². The second-order valence-electron chi connectivity index (χ2n) is 4.71. The second-order valence-corrected chi connectivity index (χ2v) is 4.71. The van der Waals surface area contributed by atoms with Crippen LogP contribution in [0.4, 0.5) is 0 Å². The van der Waals surface area contributed by atoms with Gasteiger partial charge in [0, 0.05) is 6.54 Å². The van der Waals surface area contributed by atoms with Gasteiger partial charge in [-0.15, -0.1) is 0 Å². The van der Waals surface area contributed by atoms with Crippen molar-refractivity contribution in [3.05, 3.63) is 56.7 Å². The Bertz CT molecular complexity index is 714. The zero-order chi connectivity index (χ0) is 14.7. The summed E-state index contributed by atoms with van der Waals surface area (Å²) in [5.74, 6) is -0.236. The summed E-state index contributed by atoms with van der Waals surface area (Å²) in [6.07, 6.45) is 1.66. The van der Waals surface area contributed by atoms with E-state index < -0.39 is 11.2 Å². The lowest BCUT2D eigenvalue weighted by Crippen LogP contribution is -2.39. The predicted molar refractivity (Wildman–Crippen MR) is 77.6 cm³/mol. The van der Waals surface area contributed by atoms with E-state index in [1.807, 2.05) is 13.0 Å². The first-order valence-corrected chi connectivity index (χ1v) is 6.68. The van der Waals surface area contributed by atoms with Crippen molar-refractivity contribution in [2.24, 2.45) is 0 Å². The highest BCUT2D eigenvalue weighted by Gasteiger charge is 2.16. The Morgan fingerprint density at radius 3 is 2.40 bits per heavy atom. The van der Waals surface area contributed by atoms with Gasteiger partial charge in [-0.25, -0.2) is 9.36 Å². The van der Waals surface area contributed by atoms with E-state index in [-0.39, 0.29) is 11.4 Å². The monoisotopic (exact) mass is 274 g/mol. The molecule has 0 spiro atoms. The van der Waals surface area contributed by atoms with Gasteiger partial charge in [-0.3, -0.25) is 9.36 Å². The molecule has 0 fully saturated rings. The Morgan fingerprint density at radius 2 is 1.80 bits per heavy atom. The lowest BCUT2D eigenvalue weighted by atomic mass is 10.3. The molecule has 1 N–H and O–H groups in total. The molecule has 0 atom stereocenters. The Balaban J connectivity index is 2.73. The minimum absolute atomic E-state index is 0.185. The van der Waals surface area contributed by atoms with E-state index in [1.165, 1.54) is 11.5 Å². The van der Waals surface area contributed by atoms with Crippen molar-refractivity contribution in [1.82, 2.24) is 9.13 Å². The molecule has 1 aromatic carbocycles. The number of hydrogen-bond donors (Lipinski definition) is 1. The van der Waals surface area contributed by atoms with Crippen LogP contribution in [0.25, 0.3) is 5.69 Å². The van der Waals surface area contributed by atoms with E-state index in [9.17, 15) is 14.7 Å². The lowest BCUT2D eigenvalue weighted by Gasteiger charge is -2.13. The minimum Gasteiger partial charge on any atom is -0.494 e. The van der Waals surface area contributed by atoms with Crippen molar-refractivity contribution in [3.63, 3.8) is 0 Å². The van der Waals surface area contributed by atoms with Crippen LogP contribution in [0.1, 0.15) is 25.3 Å². The van der Waals surface area contributed by atoms with Gasteiger partial charge in [-0.2, -0.15) is 0 Å². The fourth-order valence-electron chi connectivity index (χ4n) is 2.09. The molecule has 0 aliphatic carbocycles. The summed E-state index contributed by atoms with van der Waals surface area (Å²) in [6, 6.07) is 8.74. The smallest absolute Gasteiger partial charge is 0.338 e. The number of rotatable bonds is 4. The first-order valence-electron chi connectivity index (χ1n) is 6.68. The maximum Gasteiger partial charge on any atom is 0.338 e. The molecule has 1 aromatic heterocycles. The highest BCUT2D eigenvalue weighted by atomic mass is 16.3. The molecular weight excluding hydrogens is 256 g/mol. The molecular formula is C15H18N2O3. The summed E-state index contributed by atoms with van der Waals surface area (Å²) in [5.41, 5.74) is -0.287. The van der Waals surface area contributed by atoms with E-state index in [4.69, 9.17) is 0 Å². The zero-order valence-electron chi connectivity index (χ0n) is 11.7. The summed E-state index contributed by atoms with van der Waals surface area (Å²) in [4.78, 5) is 24.7. The first-order chi connectivity index (χ1) is 9.57. The van der Waals surface area contributed by atoms with E-state index in [2.05, 4.69) is 0 Å². The fraction of sp³-hybridized carbons (Fsp3) is 0.333. The average molecular weight is 274 g/mol. The summed E-state index contributed by atoms with van der Waals surface area (Å²) in [6.45, 7) is 3.93. The van der Waals surface area contributed by atoms with Crippen LogP contribution in [0.5, 0.6) is 5.88 Å². The Hall–Kier alpha value is -2.30. The number of benzene rings is 1. The van der Waals surface area contributed by atoms with Gasteiger partial charge in [-0.05, 0) is 25.5 Å². The Labute approximate surface area is 116 Å². The van der Waals surface area contributed by atoms with E-state index in [0.717, 1.165) is 17.4 Å². The maximum atomic E-state index is 12.4. The molecule has 0 radical (unpaired) electrons. The van der Waals surface area contributed by atoms with Crippen LogP contribution in [-0.4, -0.2) is 14.2 Å². The Kier molecular flexibility index (Phi) is 4.08. The molecule has 2 aromatic rings. The molecule has 20 heavy (non-hydrogen) atoms. The summed E-state index contributed by atoms with van der Waals surface area (Å²) >= 11 is 0. The third-order valence-electron chi connectivity index (χ3n) is 3.29. The molecule has 5 nitrogen and oxygen atoms in total. The van der Waals surface area contributed by atoms with Crippen molar-refractivity contribution in [1.29, 1.82) is 0 Å². The van der Waals surface area contributed by atoms with E-state index in [0.29, 0.717) is 12.2 Å². The van der Waals surface area contributed by atoms with Crippen LogP contribution >= 0.6 is 0 Å². The van der Waals surface area contributed by atoms with Crippen LogP contribution < -0.4 is 11.2 Å². The highest BCUT2D eigenvalue weighted by molar-refractivity contribution is 5.34. The molecule has 106 valence electrons. The molecule has 0 saturated carbocycles. The fourth-order valence-corrected chi connectivity index (χ4v) is 2.09. The van der Waals surface area contributed by atoms with Crippen molar-refractivity contribution in [2.75, 3.05) is 0 Å². The van der Waals surface area contributed by atoms with Gasteiger partial charge in [-0.1, -0.05) is 31.5 Å². The topological polar surface area (TPSA) is 64.2 Å². The molecule has 0 bridgehead atoms. The summed E-state index contributed by atoms with van der Waals surface area (Å²) in [7, 11) is 0. The predicted octanol–water partition coefficient (Wildman–Crippen LogP) is 1.81. The molecule has 0 aliphatic rings. The standard InChI is InChI=1S/C15H18N2O3/c1-3-4-10-16-13(18)11(2)14(19)17(15(16)20)12-8-6-5-7-9-12/h5-9,18H,3-4,10H2,1-2H3. The molecule has 5 heteroatoms. The van der Waals surface area contributed by atoms with E-state index in [1.54, 1.807) is 24.3 Å². The van der Waals surface area contributed by atoms with Gasteiger partial charge >= 0.3 is 5.69 Å². The van der Waals surface area contributed by atoms with Crippen LogP contribution in [0.15, 0.2) is 39.9 Å². The second kappa shape index (κ2) is 5.77. The van der Waals surface area contributed by atoms with Gasteiger partial charge in [0.25, 0.3) is 5.56 Å². The number of para-hydroxylation sites is 1. The molecule has 0 aliphatic heterocycles. The zero-order valence-corrected chi connectivity index (χ0v) is 11.7. The number of nitrogens with zero attached hydrogens (tertiary/aromatic N) is 2. The van der Waals surface area contributed by atoms with Crippen LogP contribution in [0.3, 0.4) is 0 Å². The van der Waals surface area contributed by atoms with Gasteiger partial charge in [0.2, 0.25) is 5.88 Å². The Morgan fingerprint density at radius 1 is 1.15 bits per heavy atom. The summed E-state index contributed by atoms with van der Waals surface area (Å²) in [5, 5.41) is 10.0. The normalized spacial score (nSPS) is 10.7. The van der Waals surface area contributed by atoms with Gasteiger partial charge < -0.3 is 5.11 Å². The highest BCUT2D eigenvalue weighted by Crippen LogP contribution is 2.11.